The summed E-state index contributed by atoms with van der Waals surface area (Å²) in [5, 5.41) is 0. The van der Waals surface area contributed by atoms with Gasteiger partial charge in [0.15, 0.2) is 9.84 Å². The van der Waals surface area contributed by atoms with Crippen LogP contribution in [0.1, 0.15) is 12.8 Å². The Labute approximate surface area is 112 Å². The van der Waals surface area contributed by atoms with Crippen LogP contribution in [0, 0.1) is 0 Å². The molecule has 2 aliphatic rings. The maximum absolute atomic E-state index is 12.5. The molecule has 0 heterocycles. The van der Waals surface area contributed by atoms with Crippen molar-refractivity contribution in [2.75, 3.05) is 0 Å². The highest BCUT2D eigenvalue weighted by Gasteiger charge is 2.33. The average Bonchev–Trinajstić information content (AvgIpc) is 2.26. The van der Waals surface area contributed by atoms with Crippen LogP contribution in [0.15, 0.2) is 46.3 Å². The van der Waals surface area contributed by atoms with Crippen molar-refractivity contribution in [2.45, 2.75) is 24.2 Å². The molecule has 2 aliphatic carbocycles. The van der Waals surface area contributed by atoms with Crippen LogP contribution in [0.3, 0.4) is 0 Å². The van der Waals surface area contributed by atoms with E-state index in [1.54, 1.807) is 24.3 Å². The fraction of sp³-hybridized carbons (Fsp3) is 0.333. The van der Waals surface area contributed by atoms with Crippen LogP contribution in [0.5, 0.6) is 0 Å². The summed E-state index contributed by atoms with van der Waals surface area (Å²) in [5.74, 6) is 0. The minimum atomic E-state index is -3.63. The van der Waals surface area contributed by atoms with Crippen molar-refractivity contribution in [3.8, 4) is 0 Å². The van der Waals surface area contributed by atoms with Crippen LogP contribution in [0.4, 0.5) is 0 Å². The number of nitrogens with two attached hydrogens (primary N) is 4. The molecule has 0 fully saturated rings. The van der Waals surface area contributed by atoms with Crippen LogP contribution >= 0.6 is 0 Å². The van der Waals surface area contributed by atoms with Gasteiger partial charge in [0.2, 0.25) is 0 Å². The molecule has 0 bridgehead atoms. The Morgan fingerprint density at radius 3 is 1.53 bits per heavy atom. The molecule has 0 aliphatic heterocycles. The van der Waals surface area contributed by atoms with E-state index in [4.69, 9.17) is 22.9 Å². The summed E-state index contributed by atoms with van der Waals surface area (Å²) in [6, 6.07) is 0. The average molecular weight is 282 g/mol. The Kier molecular flexibility index (Phi) is 3.28. The van der Waals surface area contributed by atoms with Crippen molar-refractivity contribution in [1.29, 1.82) is 0 Å². The van der Waals surface area contributed by atoms with Gasteiger partial charge in [-0.2, -0.15) is 0 Å². The number of rotatable bonds is 2. The lowest BCUT2D eigenvalue weighted by Crippen LogP contribution is -2.50. The van der Waals surface area contributed by atoms with E-state index in [9.17, 15) is 8.42 Å². The van der Waals surface area contributed by atoms with Gasteiger partial charge in [-0.1, -0.05) is 24.3 Å². The summed E-state index contributed by atoms with van der Waals surface area (Å²) in [6.45, 7) is 0. The first kappa shape index (κ1) is 14.2. The Bertz CT molecular complexity index is 562. The zero-order valence-electron chi connectivity index (χ0n) is 10.4. The van der Waals surface area contributed by atoms with Crippen LogP contribution in [0.2, 0.25) is 0 Å². The maximum atomic E-state index is 12.5. The van der Waals surface area contributed by atoms with Crippen LogP contribution in [0.25, 0.3) is 0 Å². The molecule has 0 aromatic rings. The fourth-order valence-electron chi connectivity index (χ4n) is 2.05. The van der Waals surface area contributed by atoms with E-state index in [-0.39, 0.29) is 22.7 Å². The van der Waals surface area contributed by atoms with Gasteiger partial charge < -0.3 is 22.9 Å². The van der Waals surface area contributed by atoms with E-state index in [0.717, 1.165) is 0 Å². The third kappa shape index (κ3) is 3.02. The lowest BCUT2D eigenvalue weighted by molar-refractivity contribution is 0.532. The SMILES string of the molecule is NC1(N)C=CC=C(S(=O)(=O)C2=CC=CC(N)(N)C2)C1. The molecule has 0 saturated carbocycles. The first-order valence-electron chi connectivity index (χ1n) is 5.80. The molecule has 7 heteroatoms. The maximum Gasteiger partial charge on any atom is 0.199 e. The number of allylic oxidation sites excluding steroid dienone is 4. The number of hydrogen-bond donors (Lipinski definition) is 4. The first-order chi connectivity index (χ1) is 8.62. The highest BCUT2D eigenvalue weighted by molar-refractivity contribution is 7.99. The molecular weight excluding hydrogens is 264 g/mol. The van der Waals surface area contributed by atoms with Crippen molar-refractivity contribution in [2.24, 2.45) is 22.9 Å². The van der Waals surface area contributed by atoms with Gasteiger partial charge in [-0.15, -0.1) is 0 Å². The molecule has 0 aromatic heterocycles. The van der Waals surface area contributed by atoms with Crippen LogP contribution in [-0.4, -0.2) is 19.7 Å². The zero-order valence-corrected chi connectivity index (χ0v) is 11.2. The van der Waals surface area contributed by atoms with Gasteiger partial charge >= 0.3 is 0 Å². The van der Waals surface area contributed by atoms with Crippen molar-refractivity contribution in [3.63, 3.8) is 0 Å². The lowest BCUT2D eigenvalue weighted by Gasteiger charge is -2.28. The summed E-state index contributed by atoms with van der Waals surface area (Å²) in [5.41, 5.74) is 20.7. The molecular formula is C12H18N4O2S. The lowest BCUT2D eigenvalue weighted by atomic mass is 10.0. The van der Waals surface area contributed by atoms with Gasteiger partial charge in [-0.3, -0.25) is 0 Å². The molecule has 0 spiro atoms. The van der Waals surface area contributed by atoms with Crippen molar-refractivity contribution in [3.05, 3.63) is 46.3 Å². The minimum absolute atomic E-state index is 0.0506. The second-order valence-corrected chi connectivity index (χ2v) is 7.12. The Balaban J connectivity index is 2.35. The normalized spacial score (nSPS) is 24.8. The first-order valence-corrected chi connectivity index (χ1v) is 7.28. The van der Waals surface area contributed by atoms with Gasteiger partial charge in [0.1, 0.15) is 0 Å². The molecule has 0 aromatic carbocycles. The summed E-state index contributed by atoms with van der Waals surface area (Å²) in [4.78, 5) is 0.356. The summed E-state index contributed by atoms with van der Waals surface area (Å²) in [7, 11) is -3.63. The molecule has 0 unspecified atom stereocenters. The summed E-state index contributed by atoms with van der Waals surface area (Å²) in [6.07, 6.45) is 9.34. The van der Waals surface area contributed by atoms with E-state index >= 15 is 0 Å². The molecule has 104 valence electrons. The van der Waals surface area contributed by atoms with Gasteiger partial charge in [0.05, 0.1) is 21.1 Å². The van der Waals surface area contributed by atoms with E-state index in [2.05, 4.69) is 0 Å². The topological polar surface area (TPSA) is 138 Å². The van der Waals surface area contributed by atoms with Gasteiger partial charge in [0.25, 0.3) is 0 Å². The number of hydrogen-bond acceptors (Lipinski definition) is 6. The summed E-state index contributed by atoms with van der Waals surface area (Å²) >= 11 is 0. The van der Waals surface area contributed by atoms with E-state index in [0.29, 0.717) is 0 Å². The Hall–Kier alpha value is -1.25. The van der Waals surface area contributed by atoms with Crippen LogP contribution < -0.4 is 22.9 Å². The van der Waals surface area contributed by atoms with Crippen LogP contribution in [-0.2, 0) is 9.84 Å². The summed E-state index contributed by atoms with van der Waals surface area (Å²) < 4.78 is 25.0. The highest BCUT2D eigenvalue weighted by atomic mass is 32.2. The molecule has 0 saturated heterocycles. The molecule has 8 N–H and O–H groups in total. The Morgan fingerprint density at radius 1 is 0.842 bits per heavy atom. The van der Waals surface area contributed by atoms with E-state index < -0.39 is 21.2 Å². The van der Waals surface area contributed by atoms with E-state index in [1.807, 2.05) is 0 Å². The Morgan fingerprint density at radius 2 is 1.21 bits per heavy atom. The molecule has 2 rings (SSSR count). The van der Waals surface area contributed by atoms with E-state index in [1.165, 1.54) is 12.2 Å². The third-order valence-electron chi connectivity index (χ3n) is 3.03. The standard InChI is InChI=1S/C12H18N4O2S/c13-11(14)5-1-3-9(7-11)19(17,18)10-4-2-6-12(15,16)8-10/h1-6H,7-8,13-16H2. The van der Waals surface area contributed by atoms with Crippen molar-refractivity contribution < 1.29 is 8.42 Å². The van der Waals surface area contributed by atoms with Gasteiger partial charge in [-0.25, -0.2) is 8.42 Å². The highest BCUT2D eigenvalue weighted by Crippen LogP contribution is 2.31. The zero-order chi connectivity index (χ0) is 14.3. The quantitative estimate of drug-likeness (QED) is 0.495. The molecule has 0 amide bonds. The molecule has 0 atom stereocenters. The smallest absolute Gasteiger partial charge is 0.199 e. The molecule has 0 radical (unpaired) electrons. The number of sulfone groups is 1. The monoisotopic (exact) mass is 282 g/mol. The van der Waals surface area contributed by atoms with Gasteiger partial charge in [-0.05, 0) is 12.2 Å². The second kappa shape index (κ2) is 4.39. The predicted octanol–water partition coefficient (Wildman–Crippen LogP) is -0.684. The molecule has 6 nitrogen and oxygen atoms in total. The second-order valence-electron chi connectivity index (χ2n) is 5.07. The third-order valence-corrected chi connectivity index (χ3v) is 4.97. The van der Waals surface area contributed by atoms with Crippen molar-refractivity contribution >= 4 is 9.84 Å². The minimum Gasteiger partial charge on any atom is -0.310 e. The van der Waals surface area contributed by atoms with Gasteiger partial charge in [0, 0.05) is 12.8 Å². The molecule has 19 heavy (non-hydrogen) atoms. The predicted molar refractivity (Wildman–Crippen MR) is 74.8 cm³/mol. The fourth-order valence-corrected chi connectivity index (χ4v) is 3.78. The van der Waals surface area contributed by atoms with Crippen molar-refractivity contribution in [1.82, 2.24) is 0 Å². The largest absolute Gasteiger partial charge is 0.310 e.